The van der Waals surface area contributed by atoms with Crippen LogP contribution in [0.3, 0.4) is 0 Å². The van der Waals surface area contributed by atoms with E-state index in [4.69, 9.17) is 11.3 Å². The molecule has 0 spiro atoms. The zero-order chi connectivity index (χ0) is 26.2. The van der Waals surface area contributed by atoms with E-state index in [0.29, 0.717) is 17.8 Å². The first-order chi connectivity index (χ1) is 18.2. The molecule has 214 valence electrons. The summed E-state index contributed by atoms with van der Waals surface area (Å²) in [7, 11) is 1.60. The fourth-order valence-electron chi connectivity index (χ4n) is 8.90. The average Bonchev–Trinajstić information content (AvgIpc) is 2.94. The van der Waals surface area contributed by atoms with Crippen molar-refractivity contribution in [2.24, 2.45) is 23.2 Å². The van der Waals surface area contributed by atoms with E-state index in [1.165, 1.54) is 173 Å². The molecule has 2 heteroatoms. The van der Waals surface area contributed by atoms with Crippen LogP contribution in [0.2, 0.25) is 0 Å². The monoisotopic (exact) mass is 514 g/mol. The average molecular weight is 515 g/mol. The Bertz CT molecular complexity index is 543. The second kappa shape index (κ2) is 17.7. The minimum atomic E-state index is -0.0914. The van der Waals surface area contributed by atoms with Gasteiger partial charge >= 0.3 is 5.97 Å². The lowest BCUT2D eigenvalue weighted by atomic mass is 9.50. The Balaban J connectivity index is 2.07. The Morgan fingerprint density at radius 1 is 0.486 bits per heavy atom. The van der Waals surface area contributed by atoms with E-state index in [-0.39, 0.29) is 11.4 Å². The van der Waals surface area contributed by atoms with Gasteiger partial charge in [0.2, 0.25) is 0 Å². The van der Waals surface area contributed by atoms with Crippen molar-refractivity contribution in [3.63, 3.8) is 0 Å². The molecule has 3 saturated carbocycles. The summed E-state index contributed by atoms with van der Waals surface area (Å²) < 4.78 is 5.55. The van der Waals surface area contributed by atoms with Gasteiger partial charge in [0.05, 0.1) is 7.11 Å². The molecular weight excluding hydrogens is 452 g/mol. The maximum absolute atomic E-state index is 13.6. The number of ether oxygens (including phenoxy) is 1. The molecule has 0 aromatic heterocycles. The first-order valence-corrected chi connectivity index (χ1v) is 17.0. The molecule has 3 aliphatic carbocycles. The van der Waals surface area contributed by atoms with E-state index in [0.717, 1.165) is 5.57 Å². The second-order valence-electron chi connectivity index (χ2n) is 13.2. The smallest absolute Gasteiger partial charge is 0.333 e. The summed E-state index contributed by atoms with van der Waals surface area (Å²) in [5.74, 6) is 1.69. The molecule has 0 atom stereocenters. The molecule has 0 aromatic rings. The lowest BCUT2D eigenvalue weighted by Crippen LogP contribution is -2.48. The minimum Gasteiger partial charge on any atom is -0.466 e. The normalized spacial score (nSPS) is 24.6. The van der Waals surface area contributed by atoms with Gasteiger partial charge < -0.3 is 4.74 Å². The van der Waals surface area contributed by atoms with Gasteiger partial charge in [-0.25, -0.2) is 4.79 Å². The summed E-state index contributed by atoms with van der Waals surface area (Å²) in [5, 5.41) is 0. The van der Waals surface area contributed by atoms with Crippen LogP contribution in [0.5, 0.6) is 0 Å². The lowest BCUT2D eigenvalue weighted by Gasteiger charge is -2.53. The number of carbonyl (C=O) groups is 1. The minimum absolute atomic E-state index is 0.0648. The molecule has 0 bridgehead atoms. The number of carbonyl (C=O) groups excluding carboxylic acids is 1. The topological polar surface area (TPSA) is 26.3 Å². The van der Waals surface area contributed by atoms with Crippen LogP contribution in [0.1, 0.15) is 173 Å². The quantitative estimate of drug-likeness (QED) is 0.269. The zero-order valence-electron chi connectivity index (χ0n) is 24.8. The zero-order valence-corrected chi connectivity index (χ0v) is 24.8. The van der Waals surface area contributed by atoms with Gasteiger partial charge in [-0.2, -0.15) is 0 Å². The van der Waals surface area contributed by atoms with Crippen LogP contribution >= 0.6 is 0 Å². The molecule has 0 radical (unpaired) electrons. The molecule has 0 amide bonds. The van der Waals surface area contributed by atoms with Crippen molar-refractivity contribution >= 4 is 5.97 Å². The lowest BCUT2D eigenvalue weighted by molar-refractivity contribution is -0.140. The van der Waals surface area contributed by atoms with E-state index in [1.807, 2.05) is 0 Å². The van der Waals surface area contributed by atoms with Crippen molar-refractivity contribution in [3.05, 3.63) is 12.2 Å². The van der Waals surface area contributed by atoms with Gasteiger partial charge in [0.25, 0.3) is 0 Å². The Morgan fingerprint density at radius 3 is 0.919 bits per heavy atom. The highest BCUT2D eigenvalue weighted by Gasteiger charge is 2.53. The number of hydrogen-bond donors (Lipinski definition) is 0. The number of rotatable bonds is 5. The highest BCUT2D eigenvalue weighted by Crippen LogP contribution is 2.58. The van der Waals surface area contributed by atoms with Crippen LogP contribution < -0.4 is 0 Å². The van der Waals surface area contributed by atoms with Crippen molar-refractivity contribution in [2.75, 3.05) is 7.11 Å². The van der Waals surface area contributed by atoms with E-state index < -0.39 is 0 Å². The largest absolute Gasteiger partial charge is 0.466 e. The maximum Gasteiger partial charge on any atom is 0.333 e. The van der Waals surface area contributed by atoms with Crippen molar-refractivity contribution in [2.45, 2.75) is 173 Å². The third kappa shape index (κ3) is 9.13. The molecule has 3 fully saturated rings. The van der Waals surface area contributed by atoms with E-state index in [1.54, 1.807) is 7.11 Å². The van der Waals surface area contributed by atoms with Crippen molar-refractivity contribution in [1.29, 1.82) is 0 Å². The van der Waals surface area contributed by atoms with Crippen molar-refractivity contribution in [1.82, 2.24) is 0 Å². The molecule has 3 aliphatic rings. The van der Waals surface area contributed by atoms with Crippen LogP contribution in [-0.2, 0) is 9.53 Å². The summed E-state index contributed by atoms with van der Waals surface area (Å²) in [4.78, 5) is 13.6. The van der Waals surface area contributed by atoms with Crippen LogP contribution in [0.25, 0.3) is 0 Å². The van der Waals surface area contributed by atoms with Crippen LogP contribution in [0.4, 0.5) is 0 Å². The Labute approximate surface area is 231 Å². The molecule has 0 aromatic carbocycles. The highest BCUT2D eigenvalue weighted by molar-refractivity contribution is 5.89. The Kier molecular flexibility index (Phi) is 14.7. The van der Waals surface area contributed by atoms with Crippen molar-refractivity contribution < 1.29 is 9.53 Å². The standard InChI is InChI=1S/C35H62O2/c1-30(34(36)37-2)35(31-24-18-12-6-3-7-13-19-25-31,32-26-20-14-8-4-9-15-21-27-32)33-28-22-16-10-5-11-17-23-29-33/h31-33H,1,3-29H2,2H3. The van der Waals surface area contributed by atoms with Gasteiger partial charge in [-0.05, 0) is 56.3 Å². The summed E-state index contributed by atoms with van der Waals surface area (Å²) in [6, 6.07) is 0. The first-order valence-electron chi connectivity index (χ1n) is 17.0. The molecule has 0 aliphatic heterocycles. The fourth-order valence-corrected chi connectivity index (χ4v) is 8.90. The van der Waals surface area contributed by atoms with Crippen LogP contribution in [0.15, 0.2) is 12.2 Å². The van der Waals surface area contributed by atoms with Gasteiger partial charge in [-0.3, -0.25) is 0 Å². The molecule has 0 saturated heterocycles. The molecule has 3 rings (SSSR count). The summed E-state index contributed by atoms with van der Waals surface area (Å²) in [5.41, 5.74) is 0.825. The maximum atomic E-state index is 13.6. The van der Waals surface area contributed by atoms with E-state index >= 15 is 0 Å². The third-order valence-electron chi connectivity index (χ3n) is 10.8. The van der Waals surface area contributed by atoms with E-state index in [2.05, 4.69) is 0 Å². The highest BCUT2D eigenvalue weighted by atomic mass is 16.5. The summed E-state index contributed by atoms with van der Waals surface area (Å²) in [6.07, 6.45) is 36.6. The predicted octanol–water partition coefficient (Wildman–Crippen LogP) is 11.1. The number of methoxy groups -OCH3 is 1. The molecule has 0 N–H and O–H groups in total. The number of esters is 1. The third-order valence-corrected chi connectivity index (χ3v) is 10.8. The summed E-state index contributed by atoms with van der Waals surface area (Å²) >= 11 is 0. The van der Waals surface area contributed by atoms with Gasteiger partial charge in [-0.1, -0.05) is 141 Å². The Hall–Kier alpha value is -0.790. The second-order valence-corrected chi connectivity index (χ2v) is 13.2. The summed E-state index contributed by atoms with van der Waals surface area (Å²) in [6.45, 7) is 4.74. The van der Waals surface area contributed by atoms with Crippen molar-refractivity contribution in [3.8, 4) is 0 Å². The van der Waals surface area contributed by atoms with Crippen LogP contribution in [-0.4, -0.2) is 13.1 Å². The number of hydrogen-bond acceptors (Lipinski definition) is 2. The van der Waals surface area contributed by atoms with Gasteiger partial charge in [0.1, 0.15) is 0 Å². The van der Waals surface area contributed by atoms with Gasteiger partial charge in [-0.15, -0.1) is 0 Å². The molecule has 2 nitrogen and oxygen atoms in total. The first kappa shape index (κ1) is 30.7. The molecule has 0 heterocycles. The molecule has 37 heavy (non-hydrogen) atoms. The predicted molar refractivity (Wildman–Crippen MR) is 159 cm³/mol. The fraction of sp³-hybridized carbons (Fsp3) is 0.914. The molecule has 0 unspecified atom stereocenters. The van der Waals surface area contributed by atoms with E-state index in [9.17, 15) is 4.79 Å². The van der Waals surface area contributed by atoms with Crippen LogP contribution in [0, 0.1) is 23.2 Å². The Morgan fingerprint density at radius 2 is 0.703 bits per heavy atom. The van der Waals surface area contributed by atoms with Gasteiger partial charge in [0, 0.05) is 11.0 Å². The molecular formula is C35H62O2. The SMILES string of the molecule is C=C(C(=O)OC)C(C1CCCCCCCCC1)(C1CCCCCCCCC1)C1CCCCCCCCC1. The van der Waals surface area contributed by atoms with Gasteiger partial charge in [0.15, 0.2) is 0 Å².